The van der Waals surface area contributed by atoms with Gasteiger partial charge in [-0.05, 0) is 18.6 Å². The SMILES string of the molecule is O=C(CCN1CCC(F)C1)ON1C(=O)c2ccccc2C1=O. The predicted octanol–water partition coefficient (Wildman–Crippen LogP) is 1.17. The van der Waals surface area contributed by atoms with Gasteiger partial charge < -0.3 is 4.84 Å². The van der Waals surface area contributed by atoms with E-state index in [9.17, 15) is 18.8 Å². The summed E-state index contributed by atoms with van der Waals surface area (Å²) in [4.78, 5) is 42.5. The Morgan fingerprint density at radius 1 is 1.23 bits per heavy atom. The third-order valence-electron chi connectivity index (χ3n) is 3.80. The molecule has 3 rings (SSSR count). The van der Waals surface area contributed by atoms with Crippen molar-refractivity contribution >= 4 is 17.8 Å². The Morgan fingerprint density at radius 3 is 2.41 bits per heavy atom. The number of imide groups is 1. The molecule has 22 heavy (non-hydrogen) atoms. The van der Waals surface area contributed by atoms with Crippen LogP contribution in [-0.2, 0) is 9.63 Å². The van der Waals surface area contributed by atoms with Gasteiger partial charge >= 0.3 is 5.97 Å². The molecular formula is C15H15FN2O4. The van der Waals surface area contributed by atoms with Gasteiger partial charge in [0.1, 0.15) is 6.17 Å². The Balaban J connectivity index is 1.56. The van der Waals surface area contributed by atoms with Gasteiger partial charge in [-0.1, -0.05) is 17.2 Å². The highest BCUT2D eigenvalue weighted by molar-refractivity contribution is 6.20. The van der Waals surface area contributed by atoms with Gasteiger partial charge in [-0.25, -0.2) is 9.18 Å². The summed E-state index contributed by atoms with van der Waals surface area (Å²) in [5.74, 6) is -1.96. The maximum Gasteiger partial charge on any atom is 0.334 e. The minimum atomic E-state index is -0.854. The minimum Gasteiger partial charge on any atom is -0.330 e. The molecule has 1 saturated heterocycles. The summed E-state index contributed by atoms with van der Waals surface area (Å²) in [6, 6.07) is 6.29. The van der Waals surface area contributed by atoms with Crippen LogP contribution in [0.4, 0.5) is 4.39 Å². The number of hydrogen-bond donors (Lipinski definition) is 0. The van der Waals surface area contributed by atoms with E-state index in [1.54, 1.807) is 12.1 Å². The van der Waals surface area contributed by atoms with Gasteiger partial charge in [0.15, 0.2) is 0 Å². The van der Waals surface area contributed by atoms with E-state index in [1.807, 2.05) is 4.90 Å². The molecule has 0 bridgehead atoms. The van der Waals surface area contributed by atoms with Gasteiger partial charge in [0.25, 0.3) is 11.8 Å². The summed E-state index contributed by atoms with van der Waals surface area (Å²) >= 11 is 0. The molecule has 2 heterocycles. The molecule has 0 spiro atoms. The topological polar surface area (TPSA) is 66.9 Å². The van der Waals surface area contributed by atoms with E-state index in [0.717, 1.165) is 0 Å². The van der Waals surface area contributed by atoms with Crippen molar-refractivity contribution in [2.24, 2.45) is 0 Å². The third-order valence-corrected chi connectivity index (χ3v) is 3.80. The first-order valence-electron chi connectivity index (χ1n) is 7.11. The fourth-order valence-corrected chi connectivity index (χ4v) is 2.64. The maximum atomic E-state index is 13.0. The molecule has 7 heteroatoms. The molecule has 0 N–H and O–H groups in total. The number of nitrogens with zero attached hydrogens (tertiary/aromatic N) is 2. The normalized spacial score (nSPS) is 21.3. The summed E-state index contributed by atoms with van der Waals surface area (Å²) in [5.41, 5.74) is 0.445. The largest absolute Gasteiger partial charge is 0.334 e. The van der Waals surface area contributed by atoms with Crippen LogP contribution in [0, 0.1) is 0 Å². The molecule has 2 amide bonds. The molecule has 1 aromatic rings. The highest BCUT2D eigenvalue weighted by Crippen LogP contribution is 2.23. The lowest BCUT2D eigenvalue weighted by atomic mass is 10.1. The van der Waals surface area contributed by atoms with Crippen LogP contribution >= 0.6 is 0 Å². The van der Waals surface area contributed by atoms with Gasteiger partial charge in [-0.15, -0.1) is 0 Å². The number of hydroxylamine groups is 2. The number of rotatable bonds is 4. The third kappa shape index (κ3) is 2.71. The van der Waals surface area contributed by atoms with Gasteiger partial charge in [0, 0.05) is 19.6 Å². The van der Waals surface area contributed by atoms with Gasteiger partial charge in [0.05, 0.1) is 17.5 Å². The van der Waals surface area contributed by atoms with Crippen molar-refractivity contribution in [2.45, 2.75) is 19.0 Å². The molecule has 1 atom stereocenters. The fraction of sp³-hybridized carbons (Fsp3) is 0.400. The van der Waals surface area contributed by atoms with Crippen LogP contribution in [0.2, 0.25) is 0 Å². The lowest BCUT2D eigenvalue weighted by Crippen LogP contribution is -2.34. The highest BCUT2D eigenvalue weighted by Gasteiger charge is 2.38. The first-order valence-corrected chi connectivity index (χ1v) is 7.11. The Bertz CT molecular complexity index is 599. The van der Waals surface area contributed by atoms with E-state index in [1.165, 1.54) is 12.1 Å². The molecule has 0 aromatic heterocycles. The molecule has 1 unspecified atom stereocenters. The number of alkyl halides is 1. The number of benzene rings is 1. The molecule has 2 aliphatic rings. The average Bonchev–Trinajstić information content (AvgIpc) is 3.03. The Kier molecular flexibility index (Phi) is 3.89. The standard InChI is InChI=1S/C15H15FN2O4/c16-10-5-7-17(9-10)8-6-13(19)22-18-14(20)11-3-1-2-4-12(11)15(18)21/h1-4,10H,5-9H2. The average molecular weight is 306 g/mol. The van der Waals surface area contributed by atoms with E-state index >= 15 is 0 Å². The second kappa shape index (κ2) is 5.84. The van der Waals surface area contributed by atoms with Crippen molar-refractivity contribution in [3.63, 3.8) is 0 Å². The minimum absolute atomic E-state index is 0.000124. The second-order valence-electron chi connectivity index (χ2n) is 5.35. The maximum absolute atomic E-state index is 13.0. The van der Waals surface area contributed by atoms with Gasteiger partial charge in [-0.3, -0.25) is 14.5 Å². The summed E-state index contributed by atoms with van der Waals surface area (Å²) in [7, 11) is 0. The van der Waals surface area contributed by atoms with Gasteiger partial charge in [0.2, 0.25) is 0 Å². The molecule has 0 aliphatic carbocycles. The first-order chi connectivity index (χ1) is 10.6. The summed E-state index contributed by atoms with van der Waals surface area (Å²) in [6.07, 6.45) is -0.389. The second-order valence-corrected chi connectivity index (χ2v) is 5.35. The van der Waals surface area contributed by atoms with Crippen molar-refractivity contribution < 1.29 is 23.6 Å². The summed E-state index contributed by atoms with van der Waals surface area (Å²) < 4.78 is 13.0. The number of halogens is 1. The highest BCUT2D eigenvalue weighted by atomic mass is 19.1. The van der Waals surface area contributed by atoms with Crippen molar-refractivity contribution in [1.29, 1.82) is 0 Å². The Labute approximate surface area is 126 Å². The summed E-state index contributed by atoms with van der Waals surface area (Å²) in [5, 5.41) is 0.495. The number of hydrogen-bond acceptors (Lipinski definition) is 5. The van der Waals surface area contributed by atoms with Crippen LogP contribution in [-0.4, -0.2) is 53.6 Å². The molecule has 2 aliphatic heterocycles. The smallest absolute Gasteiger partial charge is 0.330 e. The van der Waals surface area contributed by atoms with Crippen molar-refractivity contribution in [3.05, 3.63) is 35.4 Å². The van der Waals surface area contributed by atoms with E-state index in [-0.39, 0.29) is 17.5 Å². The number of likely N-dealkylation sites (tertiary alicyclic amines) is 1. The van der Waals surface area contributed by atoms with Crippen molar-refractivity contribution in [3.8, 4) is 0 Å². The van der Waals surface area contributed by atoms with Crippen LogP contribution in [0.3, 0.4) is 0 Å². The van der Waals surface area contributed by atoms with Crippen molar-refractivity contribution in [2.75, 3.05) is 19.6 Å². The number of amides is 2. The number of fused-ring (bicyclic) bond motifs is 1. The molecule has 6 nitrogen and oxygen atoms in total. The Morgan fingerprint density at radius 2 is 1.86 bits per heavy atom. The van der Waals surface area contributed by atoms with Crippen LogP contribution in [0.25, 0.3) is 0 Å². The molecule has 0 saturated carbocycles. The Hall–Kier alpha value is -2.28. The fourth-order valence-electron chi connectivity index (χ4n) is 2.64. The molecule has 0 radical (unpaired) electrons. The number of carbonyl (C=O) groups excluding carboxylic acids is 3. The lowest BCUT2D eigenvalue weighted by molar-refractivity contribution is -0.168. The molecule has 1 aromatic carbocycles. The van der Waals surface area contributed by atoms with Crippen LogP contribution in [0.15, 0.2) is 24.3 Å². The molecular weight excluding hydrogens is 291 g/mol. The zero-order chi connectivity index (χ0) is 15.7. The van der Waals surface area contributed by atoms with Crippen molar-refractivity contribution in [1.82, 2.24) is 9.96 Å². The zero-order valence-electron chi connectivity index (χ0n) is 11.8. The van der Waals surface area contributed by atoms with Gasteiger partial charge in [-0.2, -0.15) is 0 Å². The molecule has 1 fully saturated rings. The van der Waals surface area contributed by atoms with E-state index in [4.69, 9.17) is 4.84 Å². The van der Waals surface area contributed by atoms with E-state index in [2.05, 4.69) is 0 Å². The van der Waals surface area contributed by atoms with E-state index in [0.29, 0.717) is 31.1 Å². The zero-order valence-corrected chi connectivity index (χ0v) is 11.8. The van der Waals surface area contributed by atoms with Crippen LogP contribution < -0.4 is 0 Å². The predicted molar refractivity (Wildman–Crippen MR) is 73.6 cm³/mol. The quantitative estimate of drug-likeness (QED) is 0.781. The van der Waals surface area contributed by atoms with Crippen LogP contribution in [0.5, 0.6) is 0 Å². The lowest BCUT2D eigenvalue weighted by Gasteiger charge is -2.16. The molecule has 116 valence electrons. The van der Waals surface area contributed by atoms with E-state index < -0.39 is 24.0 Å². The monoisotopic (exact) mass is 306 g/mol. The summed E-state index contributed by atoms with van der Waals surface area (Å²) in [6.45, 7) is 1.25. The first kappa shape index (κ1) is 14.6. The van der Waals surface area contributed by atoms with Crippen LogP contribution in [0.1, 0.15) is 33.6 Å². The number of carbonyl (C=O) groups is 3.